The summed E-state index contributed by atoms with van der Waals surface area (Å²) in [7, 11) is 2.00. The molecule has 17 heavy (non-hydrogen) atoms. The first-order valence-corrected chi connectivity index (χ1v) is 6.65. The van der Waals surface area contributed by atoms with Gasteiger partial charge in [0.2, 0.25) is 0 Å². The third-order valence-electron chi connectivity index (χ3n) is 3.02. The Labute approximate surface area is 105 Å². The predicted molar refractivity (Wildman–Crippen MR) is 68.1 cm³/mol. The van der Waals surface area contributed by atoms with Crippen LogP contribution in [0.1, 0.15) is 22.5 Å². The van der Waals surface area contributed by atoms with E-state index < -0.39 is 5.97 Å². The standard InChI is InChI=1S/C12H17NO3S/c1-13(6-9-3-2-4-16-7-9)10-5-11(12(14)15)17-8-10/h5,8-9H,2-4,6-7H2,1H3,(H,14,15). The van der Waals surface area contributed by atoms with Crippen LogP contribution in [0.15, 0.2) is 11.4 Å². The van der Waals surface area contributed by atoms with Crippen molar-refractivity contribution in [3.8, 4) is 0 Å². The van der Waals surface area contributed by atoms with Gasteiger partial charge in [0.05, 0.1) is 6.61 Å². The number of hydrogen-bond donors (Lipinski definition) is 1. The zero-order valence-corrected chi connectivity index (χ0v) is 10.7. The van der Waals surface area contributed by atoms with Crippen LogP contribution in [0.2, 0.25) is 0 Å². The SMILES string of the molecule is CN(CC1CCCOC1)c1csc(C(=O)O)c1. The molecule has 0 aromatic carbocycles. The molecule has 1 aliphatic rings. The molecule has 4 nitrogen and oxygen atoms in total. The van der Waals surface area contributed by atoms with Gasteiger partial charge < -0.3 is 14.7 Å². The van der Waals surface area contributed by atoms with E-state index in [-0.39, 0.29) is 0 Å². The van der Waals surface area contributed by atoms with Gasteiger partial charge in [0.15, 0.2) is 0 Å². The van der Waals surface area contributed by atoms with Crippen molar-refractivity contribution in [3.63, 3.8) is 0 Å². The molecule has 1 N–H and O–H groups in total. The Bertz CT molecular complexity index is 385. The van der Waals surface area contributed by atoms with Crippen LogP contribution < -0.4 is 4.90 Å². The number of nitrogens with zero attached hydrogens (tertiary/aromatic N) is 1. The van der Waals surface area contributed by atoms with E-state index in [0.717, 1.165) is 31.9 Å². The van der Waals surface area contributed by atoms with Crippen molar-refractivity contribution in [2.45, 2.75) is 12.8 Å². The van der Waals surface area contributed by atoms with Gasteiger partial charge in [-0.1, -0.05) is 0 Å². The molecule has 0 saturated carbocycles. The Hall–Kier alpha value is -1.07. The van der Waals surface area contributed by atoms with Crippen molar-refractivity contribution in [2.24, 2.45) is 5.92 Å². The molecule has 1 unspecified atom stereocenters. The lowest BCUT2D eigenvalue weighted by Crippen LogP contribution is -2.30. The maximum absolute atomic E-state index is 10.8. The zero-order chi connectivity index (χ0) is 12.3. The topological polar surface area (TPSA) is 49.8 Å². The molecule has 1 atom stereocenters. The molecular weight excluding hydrogens is 238 g/mol. The first kappa shape index (κ1) is 12.4. The fourth-order valence-corrected chi connectivity index (χ4v) is 2.87. The van der Waals surface area contributed by atoms with Gasteiger partial charge in [-0.3, -0.25) is 0 Å². The maximum Gasteiger partial charge on any atom is 0.345 e. The first-order chi connectivity index (χ1) is 8.16. The third-order valence-corrected chi connectivity index (χ3v) is 3.93. The van der Waals surface area contributed by atoms with Gasteiger partial charge in [-0.25, -0.2) is 4.79 Å². The predicted octanol–water partition coefficient (Wildman–Crippen LogP) is 2.31. The number of rotatable bonds is 4. The average Bonchev–Trinajstić information content (AvgIpc) is 2.79. The molecule has 0 bridgehead atoms. The van der Waals surface area contributed by atoms with E-state index >= 15 is 0 Å². The minimum atomic E-state index is -0.851. The largest absolute Gasteiger partial charge is 0.477 e. The zero-order valence-electron chi connectivity index (χ0n) is 9.89. The number of carboxylic acids is 1. The lowest BCUT2D eigenvalue weighted by molar-refractivity contribution is 0.0576. The van der Waals surface area contributed by atoms with E-state index in [1.807, 2.05) is 12.4 Å². The summed E-state index contributed by atoms with van der Waals surface area (Å²) >= 11 is 1.28. The highest BCUT2D eigenvalue weighted by Gasteiger charge is 2.17. The van der Waals surface area contributed by atoms with Gasteiger partial charge >= 0.3 is 5.97 Å². The Kier molecular flexibility index (Phi) is 4.02. The molecule has 1 aliphatic heterocycles. The minimum Gasteiger partial charge on any atom is -0.477 e. The van der Waals surface area contributed by atoms with Crippen LogP contribution in [0.25, 0.3) is 0 Å². The Morgan fingerprint density at radius 2 is 2.53 bits per heavy atom. The molecule has 1 aromatic rings. The molecule has 1 aromatic heterocycles. The quantitative estimate of drug-likeness (QED) is 0.897. The minimum absolute atomic E-state index is 0.395. The maximum atomic E-state index is 10.8. The molecule has 0 radical (unpaired) electrons. The summed E-state index contributed by atoms with van der Waals surface area (Å²) in [5.74, 6) is -0.294. The highest BCUT2D eigenvalue weighted by Crippen LogP contribution is 2.24. The molecule has 1 saturated heterocycles. The first-order valence-electron chi connectivity index (χ1n) is 5.77. The van der Waals surface area contributed by atoms with E-state index in [2.05, 4.69) is 4.90 Å². The van der Waals surface area contributed by atoms with E-state index in [9.17, 15) is 4.79 Å². The van der Waals surface area contributed by atoms with E-state index in [1.165, 1.54) is 17.8 Å². The molecule has 5 heteroatoms. The third kappa shape index (κ3) is 3.20. The van der Waals surface area contributed by atoms with Gasteiger partial charge in [-0.05, 0) is 24.8 Å². The van der Waals surface area contributed by atoms with Crippen LogP contribution in [0.4, 0.5) is 5.69 Å². The molecule has 94 valence electrons. The summed E-state index contributed by atoms with van der Waals surface area (Å²) in [6.45, 7) is 2.62. The Morgan fingerprint density at radius 3 is 3.12 bits per heavy atom. The van der Waals surface area contributed by atoms with E-state index in [4.69, 9.17) is 9.84 Å². The summed E-state index contributed by atoms with van der Waals surface area (Å²) in [5.41, 5.74) is 0.984. The van der Waals surface area contributed by atoms with Crippen molar-refractivity contribution in [3.05, 3.63) is 16.3 Å². The van der Waals surface area contributed by atoms with Crippen molar-refractivity contribution in [1.82, 2.24) is 0 Å². The summed E-state index contributed by atoms with van der Waals surface area (Å²) in [5, 5.41) is 10.8. The molecule has 0 aliphatic carbocycles. The second-order valence-corrected chi connectivity index (χ2v) is 5.35. The summed E-state index contributed by atoms with van der Waals surface area (Å²) in [6.07, 6.45) is 2.32. The molecule has 0 spiro atoms. The van der Waals surface area contributed by atoms with Crippen LogP contribution in [0.5, 0.6) is 0 Å². The number of hydrogen-bond acceptors (Lipinski definition) is 4. The van der Waals surface area contributed by atoms with Gasteiger partial charge in [0.1, 0.15) is 4.88 Å². The highest BCUT2D eigenvalue weighted by molar-refractivity contribution is 7.12. The van der Waals surface area contributed by atoms with Crippen molar-refractivity contribution in [2.75, 3.05) is 31.7 Å². The van der Waals surface area contributed by atoms with Crippen LogP contribution in [0, 0.1) is 5.92 Å². The Morgan fingerprint density at radius 1 is 1.71 bits per heavy atom. The number of ether oxygens (including phenoxy) is 1. The fraction of sp³-hybridized carbons (Fsp3) is 0.583. The molecule has 0 amide bonds. The second-order valence-electron chi connectivity index (χ2n) is 4.44. The average molecular weight is 255 g/mol. The lowest BCUT2D eigenvalue weighted by atomic mass is 10.0. The van der Waals surface area contributed by atoms with Crippen molar-refractivity contribution >= 4 is 23.0 Å². The van der Waals surface area contributed by atoms with Gasteiger partial charge in [-0.15, -0.1) is 11.3 Å². The molecular formula is C12H17NO3S. The van der Waals surface area contributed by atoms with Crippen molar-refractivity contribution < 1.29 is 14.6 Å². The van der Waals surface area contributed by atoms with E-state index in [1.54, 1.807) is 6.07 Å². The normalized spacial score (nSPS) is 20.2. The fourth-order valence-electron chi connectivity index (χ4n) is 2.08. The van der Waals surface area contributed by atoms with E-state index in [0.29, 0.717) is 10.8 Å². The van der Waals surface area contributed by atoms with Crippen LogP contribution in [-0.2, 0) is 4.74 Å². The molecule has 2 heterocycles. The van der Waals surface area contributed by atoms with Crippen LogP contribution in [-0.4, -0.2) is 37.9 Å². The number of aromatic carboxylic acids is 1. The number of anilines is 1. The van der Waals surface area contributed by atoms with Gasteiger partial charge in [0, 0.05) is 31.3 Å². The van der Waals surface area contributed by atoms with Gasteiger partial charge in [0.25, 0.3) is 0 Å². The molecule has 2 rings (SSSR count). The summed E-state index contributed by atoms with van der Waals surface area (Å²) < 4.78 is 5.44. The Balaban J connectivity index is 1.93. The number of thiophene rings is 1. The highest BCUT2D eigenvalue weighted by atomic mass is 32.1. The monoisotopic (exact) mass is 255 g/mol. The lowest BCUT2D eigenvalue weighted by Gasteiger charge is -2.27. The summed E-state index contributed by atoms with van der Waals surface area (Å²) in [4.78, 5) is 13.3. The van der Waals surface area contributed by atoms with Gasteiger partial charge in [-0.2, -0.15) is 0 Å². The summed E-state index contributed by atoms with van der Waals surface area (Å²) in [6, 6.07) is 1.73. The molecule has 1 fully saturated rings. The second kappa shape index (κ2) is 5.51. The number of carboxylic acid groups (broad SMARTS) is 1. The number of carbonyl (C=O) groups is 1. The smallest absolute Gasteiger partial charge is 0.345 e. The van der Waals surface area contributed by atoms with Crippen LogP contribution >= 0.6 is 11.3 Å². The van der Waals surface area contributed by atoms with Crippen molar-refractivity contribution in [1.29, 1.82) is 0 Å². The van der Waals surface area contributed by atoms with Crippen LogP contribution in [0.3, 0.4) is 0 Å².